The van der Waals surface area contributed by atoms with E-state index in [4.69, 9.17) is 4.74 Å². The van der Waals surface area contributed by atoms with Crippen LogP contribution in [0.2, 0.25) is 0 Å². The molecule has 4 rings (SSSR count). The van der Waals surface area contributed by atoms with Gasteiger partial charge < -0.3 is 19.5 Å². The average Bonchev–Trinajstić information content (AvgIpc) is 3.26. The second-order valence-electron chi connectivity index (χ2n) is 8.38. The second kappa shape index (κ2) is 9.38. The molecule has 1 saturated heterocycles. The summed E-state index contributed by atoms with van der Waals surface area (Å²) in [5, 5.41) is 0. The molecule has 1 N–H and O–H groups in total. The third-order valence-corrected chi connectivity index (χ3v) is 6.15. The molecule has 14 heteroatoms. The van der Waals surface area contributed by atoms with E-state index >= 15 is 0 Å². The van der Waals surface area contributed by atoms with E-state index in [0.717, 1.165) is 6.07 Å². The van der Waals surface area contributed by atoms with Crippen molar-refractivity contribution in [1.29, 1.82) is 0 Å². The van der Waals surface area contributed by atoms with Gasteiger partial charge in [-0.1, -0.05) is 0 Å². The number of aromatic nitrogens is 3. The fourth-order valence-electron chi connectivity index (χ4n) is 4.30. The first-order valence-electron chi connectivity index (χ1n) is 10.8. The van der Waals surface area contributed by atoms with Crippen LogP contribution < -0.4 is 10.5 Å². The highest BCUT2D eigenvalue weighted by Gasteiger charge is 2.38. The van der Waals surface area contributed by atoms with Crippen LogP contribution in [0.3, 0.4) is 0 Å². The summed E-state index contributed by atoms with van der Waals surface area (Å²) in [7, 11) is 0. The summed E-state index contributed by atoms with van der Waals surface area (Å²) < 4.78 is 83.0. The van der Waals surface area contributed by atoms with Crippen molar-refractivity contribution in [2.75, 3.05) is 31.1 Å². The van der Waals surface area contributed by atoms with E-state index in [2.05, 4.69) is 15.0 Å². The first-order chi connectivity index (χ1) is 16.4. The molecule has 1 aliphatic heterocycles. The van der Waals surface area contributed by atoms with Crippen LogP contribution in [0.5, 0.6) is 0 Å². The molecular formula is C21H21F6N5O3. The number of rotatable bonds is 3. The fraction of sp³-hybridized carbons (Fsp3) is 0.524. The lowest BCUT2D eigenvalue weighted by Gasteiger charge is -2.35. The van der Waals surface area contributed by atoms with Crippen molar-refractivity contribution in [2.45, 2.75) is 43.6 Å². The molecular weight excluding hydrogens is 484 g/mol. The molecule has 0 bridgehead atoms. The van der Waals surface area contributed by atoms with Gasteiger partial charge in [-0.25, -0.2) is 14.8 Å². The number of nitrogens with one attached hydrogen (secondary N) is 1. The van der Waals surface area contributed by atoms with Crippen molar-refractivity contribution in [1.82, 2.24) is 19.9 Å². The Kier molecular flexibility index (Phi) is 6.64. The maximum atomic E-state index is 13.1. The summed E-state index contributed by atoms with van der Waals surface area (Å²) in [5.41, 5.74) is -3.24. The number of nitrogens with zero attached hydrogens (tertiary/aromatic N) is 4. The molecule has 2 aliphatic rings. The Morgan fingerprint density at radius 1 is 1.00 bits per heavy atom. The van der Waals surface area contributed by atoms with Gasteiger partial charge in [0.1, 0.15) is 11.7 Å². The van der Waals surface area contributed by atoms with Crippen molar-refractivity contribution in [3.05, 3.63) is 51.7 Å². The highest BCUT2D eigenvalue weighted by atomic mass is 19.4. The number of pyridine rings is 1. The Labute approximate surface area is 194 Å². The standard InChI is InChI=1S/C21H21F6N5O3/c22-20(23,24)13-10-29-18(30-11-13)31-4-6-32(7-5-31)19(34)35-16-3-1-2-14(16)12-8-15(21(25,26)27)17(33)28-9-12/h8-11,14,16H,1-7H2,(H,28,33)/t14-,16-/m0/s1. The van der Waals surface area contributed by atoms with Crippen LogP contribution in [0, 0.1) is 0 Å². The molecule has 0 spiro atoms. The van der Waals surface area contributed by atoms with Crippen molar-refractivity contribution in [2.24, 2.45) is 0 Å². The van der Waals surface area contributed by atoms with Crippen molar-refractivity contribution in [3.63, 3.8) is 0 Å². The Hall–Kier alpha value is -3.32. The summed E-state index contributed by atoms with van der Waals surface area (Å²) in [6.45, 7) is 0.946. The number of alkyl halides is 6. The highest BCUT2D eigenvalue weighted by Crippen LogP contribution is 2.38. The number of amides is 1. The lowest BCUT2D eigenvalue weighted by molar-refractivity contribution is -0.139. The largest absolute Gasteiger partial charge is 0.445 e. The molecule has 1 aliphatic carbocycles. The lowest BCUT2D eigenvalue weighted by Crippen LogP contribution is -2.50. The van der Waals surface area contributed by atoms with Gasteiger partial charge in [-0.3, -0.25) is 4.79 Å². The first-order valence-corrected chi connectivity index (χ1v) is 10.8. The number of aromatic amines is 1. The highest BCUT2D eigenvalue weighted by molar-refractivity contribution is 5.68. The van der Waals surface area contributed by atoms with E-state index in [9.17, 15) is 35.9 Å². The summed E-state index contributed by atoms with van der Waals surface area (Å²) in [4.78, 5) is 36.9. The molecule has 0 aromatic carbocycles. The predicted octanol–water partition coefficient (Wildman–Crippen LogP) is 3.80. The number of hydrogen-bond donors (Lipinski definition) is 1. The minimum absolute atomic E-state index is 0.111. The number of piperazine rings is 1. The predicted molar refractivity (Wildman–Crippen MR) is 110 cm³/mol. The molecule has 2 atom stereocenters. The van der Waals surface area contributed by atoms with Crippen molar-refractivity contribution >= 4 is 12.0 Å². The number of ether oxygens (including phenoxy) is 1. The van der Waals surface area contributed by atoms with Gasteiger partial charge in [0.2, 0.25) is 5.95 Å². The summed E-state index contributed by atoms with van der Waals surface area (Å²) in [6.07, 6.45) is -6.39. The second-order valence-corrected chi connectivity index (χ2v) is 8.38. The molecule has 1 amide bonds. The Bertz CT molecular complexity index is 1110. The molecule has 8 nitrogen and oxygen atoms in total. The quantitative estimate of drug-likeness (QED) is 0.639. The zero-order chi connectivity index (χ0) is 25.4. The van der Waals surface area contributed by atoms with Crippen LogP contribution in [-0.2, 0) is 17.1 Å². The van der Waals surface area contributed by atoms with Gasteiger partial charge >= 0.3 is 18.4 Å². The number of H-pyrrole nitrogens is 1. The van der Waals surface area contributed by atoms with E-state index in [0.29, 0.717) is 31.7 Å². The SMILES string of the molecule is O=C(O[C@H]1CCC[C@H]1c1c[nH]c(=O)c(C(F)(F)F)c1)N1CCN(c2ncc(C(F)(F)F)cn2)CC1. The molecule has 3 heterocycles. The maximum Gasteiger partial charge on any atom is 0.421 e. The van der Waals surface area contributed by atoms with Crippen LogP contribution in [0.4, 0.5) is 37.1 Å². The van der Waals surface area contributed by atoms with Crippen molar-refractivity contribution in [3.8, 4) is 0 Å². The zero-order valence-corrected chi connectivity index (χ0v) is 18.2. The summed E-state index contributed by atoms with van der Waals surface area (Å²) in [6, 6.07) is 0.804. The van der Waals surface area contributed by atoms with Crippen molar-refractivity contribution < 1.29 is 35.9 Å². The van der Waals surface area contributed by atoms with Gasteiger partial charge in [0, 0.05) is 50.7 Å². The van der Waals surface area contributed by atoms with Crippen LogP contribution in [-0.4, -0.2) is 58.2 Å². The van der Waals surface area contributed by atoms with Crippen LogP contribution >= 0.6 is 0 Å². The zero-order valence-electron chi connectivity index (χ0n) is 18.2. The minimum Gasteiger partial charge on any atom is -0.445 e. The maximum absolute atomic E-state index is 13.1. The molecule has 0 unspecified atom stereocenters. The van der Waals surface area contributed by atoms with E-state index in [1.54, 1.807) is 4.90 Å². The third-order valence-electron chi connectivity index (χ3n) is 6.15. The molecule has 1 saturated carbocycles. The molecule has 35 heavy (non-hydrogen) atoms. The molecule has 2 fully saturated rings. The van der Waals surface area contributed by atoms with Gasteiger partial charge in [-0.05, 0) is 30.9 Å². The van der Waals surface area contributed by atoms with Gasteiger partial charge in [-0.2, -0.15) is 26.3 Å². The number of hydrogen-bond acceptors (Lipinski definition) is 6. The summed E-state index contributed by atoms with van der Waals surface area (Å²) >= 11 is 0. The molecule has 0 radical (unpaired) electrons. The van der Waals surface area contributed by atoms with Gasteiger partial charge in [0.25, 0.3) is 5.56 Å². The first kappa shape index (κ1) is 24.8. The van der Waals surface area contributed by atoms with E-state index < -0.39 is 47.2 Å². The number of halogens is 6. The minimum atomic E-state index is -4.80. The molecule has 190 valence electrons. The number of carbonyl (C=O) groups excluding carboxylic acids is 1. The molecule has 2 aromatic rings. The van der Waals surface area contributed by atoms with E-state index in [-0.39, 0.29) is 37.7 Å². The normalized spacial score (nSPS) is 21.3. The lowest BCUT2D eigenvalue weighted by atomic mass is 9.96. The van der Waals surface area contributed by atoms with Crippen LogP contribution in [0.15, 0.2) is 29.5 Å². The molecule has 2 aromatic heterocycles. The van der Waals surface area contributed by atoms with Crippen LogP contribution in [0.25, 0.3) is 0 Å². The Morgan fingerprint density at radius 3 is 2.26 bits per heavy atom. The fourth-order valence-corrected chi connectivity index (χ4v) is 4.30. The third kappa shape index (κ3) is 5.51. The van der Waals surface area contributed by atoms with Crippen LogP contribution in [0.1, 0.15) is 41.9 Å². The van der Waals surface area contributed by atoms with Gasteiger partial charge in [-0.15, -0.1) is 0 Å². The Morgan fingerprint density at radius 2 is 1.66 bits per heavy atom. The number of anilines is 1. The number of carbonyl (C=O) groups is 1. The monoisotopic (exact) mass is 505 g/mol. The van der Waals surface area contributed by atoms with E-state index in [1.807, 2.05) is 0 Å². The topological polar surface area (TPSA) is 91.4 Å². The average molecular weight is 505 g/mol. The van der Waals surface area contributed by atoms with Gasteiger partial charge in [0.05, 0.1) is 5.56 Å². The Balaban J connectivity index is 1.36. The van der Waals surface area contributed by atoms with E-state index in [1.165, 1.54) is 11.1 Å². The smallest absolute Gasteiger partial charge is 0.421 e. The summed E-state index contributed by atoms with van der Waals surface area (Å²) in [5.74, 6) is -0.376. The van der Waals surface area contributed by atoms with Gasteiger partial charge in [0.15, 0.2) is 0 Å².